The van der Waals surface area contributed by atoms with Crippen molar-refractivity contribution >= 4 is 5.69 Å². The average Bonchev–Trinajstić information content (AvgIpc) is 2.47. The minimum absolute atomic E-state index is 0.0853. The van der Waals surface area contributed by atoms with Crippen LogP contribution in [0, 0.1) is 11.6 Å². The van der Waals surface area contributed by atoms with Crippen LogP contribution in [0.4, 0.5) is 14.5 Å². The van der Waals surface area contributed by atoms with Crippen LogP contribution in [-0.2, 0) is 6.61 Å². The highest BCUT2D eigenvalue weighted by Gasteiger charge is 2.09. The van der Waals surface area contributed by atoms with E-state index < -0.39 is 11.6 Å². The van der Waals surface area contributed by atoms with Crippen LogP contribution in [0.15, 0.2) is 36.5 Å². The monoisotopic (exact) mass is 278 g/mol. The summed E-state index contributed by atoms with van der Waals surface area (Å²) in [5.41, 5.74) is 1.58. The summed E-state index contributed by atoms with van der Waals surface area (Å²) in [6.07, 6.45) is 2.67. The van der Waals surface area contributed by atoms with Gasteiger partial charge in [0.1, 0.15) is 6.61 Å². The minimum atomic E-state index is -0.979. The van der Waals surface area contributed by atoms with Crippen LogP contribution in [0.5, 0.6) is 5.75 Å². The van der Waals surface area contributed by atoms with E-state index in [4.69, 9.17) is 4.74 Å². The van der Waals surface area contributed by atoms with E-state index in [0.717, 1.165) is 24.7 Å². The molecule has 106 valence electrons. The Bertz CT molecular complexity index is 576. The Morgan fingerprint density at radius 2 is 2.10 bits per heavy atom. The van der Waals surface area contributed by atoms with Crippen molar-refractivity contribution in [3.8, 4) is 5.75 Å². The summed E-state index contributed by atoms with van der Waals surface area (Å²) in [5.74, 6) is -2.01. The fourth-order valence-electron chi connectivity index (χ4n) is 1.68. The zero-order chi connectivity index (χ0) is 14.4. The van der Waals surface area contributed by atoms with Gasteiger partial charge < -0.3 is 10.1 Å². The van der Waals surface area contributed by atoms with Crippen LogP contribution in [0.25, 0.3) is 0 Å². The molecule has 1 aromatic carbocycles. The number of nitrogens with one attached hydrogen (secondary N) is 1. The van der Waals surface area contributed by atoms with Crippen LogP contribution in [0.2, 0.25) is 0 Å². The molecule has 0 amide bonds. The Labute approximate surface area is 116 Å². The highest BCUT2D eigenvalue weighted by Crippen LogP contribution is 2.20. The van der Waals surface area contributed by atoms with Gasteiger partial charge in [0.25, 0.3) is 0 Å². The van der Waals surface area contributed by atoms with Crippen LogP contribution >= 0.6 is 0 Å². The molecule has 0 atom stereocenters. The van der Waals surface area contributed by atoms with E-state index in [0.29, 0.717) is 5.69 Å². The molecule has 2 aromatic rings. The molecule has 3 nitrogen and oxygen atoms in total. The molecule has 1 N–H and O–H groups in total. The van der Waals surface area contributed by atoms with Crippen LogP contribution in [-0.4, -0.2) is 11.5 Å². The zero-order valence-electron chi connectivity index (χ0n) is 11.2. The number of ether oxygens (including phenoxy) is 1. The van der Waals surface area contributed by atoms with Gasteiger partial charge in [0, 0.05) is 18.4 Å². The standard InChI is InChI=1S/C15H16F2N2O/c1-2-7-18-11-6-8-19-12(9-11)10-20-14-5-3-4-13(16)15(14)17/h3-6,8-9H,2,7,10H2,1H3,(H,18,19). The van der Waals surface area contributed by atoms with Crippen molar-refractivity contribution in [2.45, 2.75) is 20.0 Å². The quantitative estimate of drug-likeness (QED) is 0.873. The van der Waals surface area contributed by atoms with Gasteiger partial charge in [0.2, 0.25) is 5.82 Å². The summed E-state index contributed by atoms with van der Waals surface area (Å²) >= 11 is 0. The highest BCUT2D eigenvalue weighted by atomic mass is 19.2. The summed E-state index contributed by atoms with van der Waals surface area (Å²) in [6, 6.07) is 7.52. The number of aromatic nitrogens is 1. The summed E-state index contributed by atoms with van der Waals surface area (Å²) in [4.78, 5) is 4.13. The molecule has 0 aliphatic rings. The van der Waals surface area contributed by atoms with E-state index in [1.165, 1.54) is 12.1 Å². The Hall–Kier alpha value is -2.17. The first-order valence-corrected chi connectivity index (χ1v) is 6.46. The number of halogens is 2. The van der Waals surface area contributed by atoms with Gasteiger partial charge in [-0.25, -0.2) is 4.39 Å². The van der Waals surface area contributed by atoms with Gasteiger partial charge in [-0.1, -0.05) is 13.0 Å². The van der Waals surface area contributed by atoms with Crippen molar-refractivity contribution in [3.63, 3.8) is 0 Å². The Morgan fingerprint density at radius 3 is 2.90 bits per heavy atom. The third-order valence-corrected chi connectivity index (χ3v) is 2.69. The normalized spacial score (nSPS) is 10.3. The second-order valence-electron chi connectivity index (χ2n) is 4.30. The van der Waals surface area contributed by atoms with Crippen molar-refractivity contribution < 1.29 is 13.5 Å². The highest BCUT2D eigenvalue weighted by molar-refractivity contribution is 5.43. The van der Waals surface area contributed by atoms with E-state index >= 15 is 0 Å². The van der Waals surface area contributed by atoms with Gasteiger partial charge in [-0.3, -0.25) is 4.98 Å². The summed E-state index contributed by atoms with van der Waals surface area (Å²) in [5, 5.41) is 3.22. The van der Waals surface area contributed by atoms with Crippen molar-refractivity contribution in [2.24, 2.45) is 0 Å². The van der Waals surface area contributed by atoms with Crippen LogP contribution < -0.4 is 10.1 Å². The van der Waals surface area contributed by atoms with E-state index in [1.54, 1.807) is 6.20 Å². The molecule has 0 spiro atoms. The molecule has 20 heavy (non-hydrogen) atoms. The zero-order valence-corrected chi connectivity index (χ0v) is 11.2. The van der Waals surface area contributed by atoms with Crippen molar-refractivity contribution in [3.05, 3.63) is 53.9 Å². The second kappa shape index (κ2) is 6.84. The first-order valence-electron chi connectivity index (χ1n) is 6.46. The molecular weight excluding hydrogens is 262 g/mol. The molecule has 0 bridgehead atoms. The van der Waals surface area contributed by atoms with Crippen molar-refractivity contribution in [1.29, 1.82) is 0 Å². The van der Waals surface area contributed by atoms with E-state index in [1.807, 2.05) is 12.1 Å². The molecule has 0 saturated carbocycles. The number of benzene rings is 1. The maximum atomic E-state index is 13.4. The Kier molecular flexibility index (Phi) is 4.87. The number of hydrogen-bond acceptors (Lipinski definition) is 3. The van der Waals surface area contributed by atoms with Gasteiger partial charge in [0.05, 0.1) is 5.69 Å². The van der Waals surface area contributed by atoms with Gasteiger partial charge in [-0.15, -0.1) is 0 Å². The molecule has 1 aromatic heterocycles. The average molecular weight is 278 g/mol. The van der Waals surface area contributed by atoms with Gasteiger partial charge in [-0.2, -0.15) is 4.39 Å². The van der Waals surface area contributed by atoms with E-state index in [9.17, 15) is 8.78 Å². The summed E-state index contributed by atoms with van der Waals surface area (Å²) in [7, 11) is 0. The number of rotatable bonds is 6. The molecule has 0 aliphatic heterocycles. The smallest absolute Gasteiger partial charge is 0.200 e. The lowest BCUT2D eigenvalue weighted by atomic mass is 10.3. The van der Waals surface area contributed by atoms with Crippen LogP contribution in [0.3, 0.4) is 0 Å². The fraction of sp³-hybridized carbons (Fsp3) is 0.267. The largest absolute Gasteiger partial charge is 0.484 e. The second-order valence-corrected chi connectivity index (χ2v) is 4.30. The summed E-state index contributed by atoms with van der Waals surface area (Å²) in [6.45, 7) is 3.02. The van der Waals surface area contributed by atoms with E-state index in [-0.39, 0.29) is 12.4 Å². The van der Waals surface area contributed by atoms with E-state index in [2.05, 4.69) is 17.2 Å². The molecule has 5 heteroatoms. The molecule has 0 aliphatic carbocycles. The lowest BCUT2D eigenvalue weighted by molar-refractivity contribution is 0.280. The maximum Gasteiger partial charge on any atom is 0.200 e. The number of pyridine rings is 1. The molecule has 0 saturated heterocycles. The number of nitrogens with zero attached hydrogens (tertiary/aromatic N) is 1. The van der Waals surface area contributed by atoms with Crippen molar-refractivity contribution in [2.75, 3.05) is 11.9 Å². The lowest BCUT2D eigenvalue weighted by Crippen LogP contribution is -2.04. The number of hydrogen-bond donors (Lipinski definition) is 1. The topological polar surface area (TPSA) is 34.2 Å². The van der Waals surface area contributed by atoms with Crippen LogP contribution in [0.1, 0.15) is 19.0 Å². The van der Waals surface area contributed by atoms with Gasteiger partial charge in [-0.05, 0) is 30.7 Å². The minimum Gasteiger partial charge on any atom is -0.484 e. The predicted octanol–water partition coefficient (Wildman–Crippen LogP) is 3.76. The van der Waals surface area contributed by atoms with Crippen molar-refractivity contribution in [1.82, 2.24) is 4.98 Å². The maximum absolute atomic E-state index is 13.4. The summed E-state index contributed by atoms with van der Waals surface area (Å²) < 4.78 is 31.7. The molecule has 2 rings (SSSR count). The lowest BCUT2D eigenvalue weighted by Gasteiger charge is -2.09. The Balaban J connectivity index is 2.01. The SMILES string of the molecule is CCCNc1ccnc(COc2cccc(F)c2F)c1. The third kappa shape index (κ3) is 3.66. The molecule has 0 radical (unpaired) electrons. The van der Waals surface area contributed by atoms with Gasteiger partial charge >= 0.3 is 0 Å². The predicted molar refractivity (Wildman–Crippen MR) is 73.7 cm³/mol. The first kappa shape index (κ1) is 14.2. The fourth-order valence-corrected chi connectivity index (χ4v) is 1.68. The number of anilines is 1. The molecule has 1 heterocycles. The molecule has 0 fully saturated rings. The Morgan fingerprint density at radius 1 is 1.25 bits per heavy atom. The first-order chi connectivity index (χ1) is 9.70. The van der Waals surface area contributed by atoms with Gasteiger partial charge in [0.15, 0.2) is 11.6 Å². The molecule has 0 unspecified atom stereocenters. The third-order valence-electron chi connectivity index (χ3n) is 2.69. The molecular formula is C15H16F2N2O.